The Hall–Kier alpha value is -1.18. The first-order valence-corrected chi connectivity index (χ1v) is 4.66. The van der Waals surface area contributed by atoms with Crippen LogP contribution in [0, 0.1) is 5.92 Å². The fraction of sp³-hybridized carbons (Fsp3) is 0.455. The molecule has 70 valence electrons. The molecule has 1 fully saturated rings. The minimum Gasteiger partial charge on any atom is -0.493 e. The third-order valence-electron chi connectivity index (χ3n) is 2.24. The van der Waals surface area contributed by atoms with Crippen molar-refractivity contribution in [2.45, 2.75) is 12.8 Å². The summed E-state index contributed by atoms with van der Waals surface area (Å²) in [6, 6.07) is 7.77. The lowest BCUT2D eigenvalue weighted by Crippen LogP contribution is -2.00. The topological polar surface area (TPSA) is 18.5 Å². The highest BCUT2D eigenvalue weighted by molar-refractivity contribution is 5.39. The van der Waals surface area contributed by atoms with E-state index >= 15 is 0 Å². The molecule has 0 heterocycles. The summed E-state index contributed by atoms with van der Waals surface area (Å²) in [4.78, 5) is 0. The second-order valence-corrected chi connectivity index (χ2v) is 3.41. The zero-order chi connectivity index (χ0) is 9.10. The van der Waals surface area contributed by atoms with Crippen molar-refractivity contribution in [2.24, 2.45) is 5.92 Å². The van der Waals surface area contributed by atoms with Gasteiger partial charge in [0, 0.05) is 0 Å². The molecule has 13 heavy (non-hydrogen) atoms. The molecule has 0 bridgehead atoms. The molecule has 0 radical (unpaired) electrons. The van der Waals surface area contributed by atoms with Crippen molar-refractivity contribution >= 4 is 0 Å². The average molecular weight is 178 g/mol. The number of methoxy groups -OCH3 is 1. The Bertz CT molecular complexity index is 279. The summed E-state index contributed by atoms with van der Waals surface area (Å²) in [6.07, 6.45) is 2.63. The maximum atomic E-state index is 5.63. The van der Waals surface area contributed by atoms with Gasteiger partial charge < -0.3 is 9.47 Å². The van der Waals surface area contributed by atoms with Crippen LogP contribution in [0.25, 0.3) is 0 Å². The number of ether oxygens (including phenoxy) is 2. The van der Waals surface area contributed by atoms with Crippen LogP contribution in [0.2, 0.25) is 0 Å². The first-order valence-electron chi connectivity index (χ1n) is 4.66. The van der Waals surface area contributed by atoms with Gasteiger partial charge in [-0.05, 0) is 30.9 Å². The van der Waals surface area contributed by atoms with Gasteiger partial charge in [0.25, 0.3) is 0 Å². The maximum absolute atomic E-state index is 5.63. The highest BCUT2D eigenvalue weighted by atomic mass is 16.5. The third-order valence-corrected chi connectivity index (χ3v) is 2.24. The zero-order valence-electron chi connectivity index (χ0n) is 7.82. The Balaban J connectivity index is 1.99. The van der Waals surface area contributed by atoms with Crippen LogP contribution < -0.4 is 9.47 Å². The summed E-state index contributed by atoms with van der Waals surface area (Å²) in [5.41, 5.74) is 0. The minimum atomic E-state index is 0.782. The molecular weight excluding hydrogens is 164 g/mol. The predicted octanol–water partition coefficient (Wildman–Crippen LogP) is 2.48. The van der Waals surface area contributed by atoms with E-state index in [0.29, 0.717) is 0 Å². The van der Waals surface area contributed by atoms with Crippen LogP contribution in [-0.4, -0.2) is 13.7 Å². The van der Waals surface area contributed by atoms with E-state index in [2.05, 4.69) is 0 Å². The lowest BCUT2D eigenvalue weighted by molar-refractivity contribution is 0.280. The Labute approximate surface area is 78.5 Å². The summed E-state index contributed by atoms with van der Waals surface area (Å²) in [5.74, 6) is 2.46. The summed E-state index contributed by atoms with van der Waals surface area (Å²) < 4.78 is 10.8. The second-order valence-electron chi connectivity index (χ2n) is 3.41. The van der Waals surface area contributed by atoms with Crippen molar-refractivity contribution < 1.29 is 9.47 Å². The van der Waals surface area contributed by atoms with Gasteiger partial charge in [-0.2, -0.15) is 0 Å². The Morgan fingerprint density at radius 2 is 1.92 bits per heavy atom. The van der Waals surface area contributed by atoms with E-state index in [1.165, 1.54) is 12.8 Å². The van der Waals surface area contributed by atoms with Gasteiger partial charge >= 0.3 is 0 Å². The lowest BCUT2D eigenvalue weighted by atomic mass is 10.3. The molecule has 0 unspecified atom stereocenters. The molecule has 1 aromatic carbocycles. The van der Waals surface area contributed by atoms with Crippen molar-refractivity contribution in [3.63, 3.8) is 0 Å². The van der Waals surface area contributed by atoms with Gasteiger partial charge in [-0.15, -0.1) is 0 Å². The van der Waals surface area contributed by atoms with Crippen LogP contribution >= 0.6 is 0 Å². The molecular formula is C11H14O2. The van der Waals surface area contributed by atoms with Crippen molar-refractivity contribution in [1.29, 1.82) is 0 Å². The zero-order valence-corrected chi connectivity index (χ0v) is 7.82. The van der Waals surface area contributed by atoms with E-state index in [1.54, 1.807) is 7.11 Å². The third kappa shape index (κ3) is 2.14. The number of hydrogen-bond donors (Lipinski definition) is 0. The van der Waals surface area contributed by atoms with Gasteiger partial charge in [-0.1, -0.05) is 12.1 Å². The van der Waals surface area contributed by atoms with Crippen LogP contribution in [0.15, 0.2) is 24.3 Å². The van der Waals surface area contributed by atoms with Crippen molar-refractivity contribution in [1.82, 2.24) is 0 Å². The quantitative estimate of drug-likeness (QED) is 0.705. The van der Waals surface area contributed by atoms with Gasteiger partial charge in [0.1, 0.15) is 0 Å². The molecule has 2 rings (SSSR count). The van der Waals surface area contributed by atoms with E-state index in [-0.39, 0.29) is 0 Å². The van der Waals surface area contributed by atoms with E-state index in [4.69, 9.17) is 9.47 Å². The molecule has 1 aliphatic carbocycles. The van der Waals surface area contributed by atoms with Crippen LogP contribution in [-0.2, 0) is 0 Å². The number of hydrogen-bond acceptors (Lipinski definition) is 2. The fourth-order valence-corrected chi connectivity index (χ4v) is 1.23. The number of rotatable bonds is 4. The van der Waals surface area contributed by atoms with Gasteiger partial charge in [-0.25, -0.2) is 0 Å². The van der Waals surface area contributed by atoms with Gasteiger partial charge in [0.2, 0.25) is 0 Å². The van der Waals surface area contributed by atoms with E-state index in [1.807, 2.05) is 24.3 Å². The maximum Gasteiger partial charge on any atom is 0.161 e. The molecule has 0 amide bonds. The Kier molecular flexibility index (Phi) is 2.39. The van der Waals surface area contributed by atoms with Crippen LogP contribution in [0.4, 0.5) is 0 Å². The SMILES string of the molecule is COc1ccccc1OCC1CC1. The smallest absolute Gasteiger partial charge is 0.161 e. The second kappa shape index (κ2) is 3.69. The summed E-state index contributed by atoms with van der Waals surface area (Å²) in [7, 11) is 1.67. The molecule has 0 spiro atoms. The minimum absolute atomic E-state index is 0.782. The molecule has 1 aliphatic rings. The molecule has 0 atom stereocenters. The molecule has 2 heteroatoms. The highest BCUT2D eigenvalue weighted by Gasteiger charge is 2.22. The van der Waals surface area contributed by atoms with Crippen molar-refractivity contribution in [2.75, 3.05) is 13.7 Å². The van der Waals surface area contributed by atoms with Gasteiger partial charge in [-0.3, -0.25) is 0 Å². The van der Waals surface area contributed by atoms with E-state index < -0.39 is 0 Å². The van der Waals surface area contributed by atoms with Crippen LogP contribution in [0.1, 0.15) is 12.8 Å². The van der Waals surface area contributed by atoms with Crippen molar-refractivity contribution in [3.8, 4) is 11.5 Å². The fourth-order valence-electron chi connectivity index (χ4n) is 1.23. The van der Waals surface area contributed by atoms with Crippen LogP contribution in [0.3, 0.4) is 0 Å². The summed E-state index contributed by atoms with van der Waals surface area (Å²) in [6.45, 7) is 0.834. The average Bonchev–Trinajstić information content (AvgIpc) is 2.99. The highest BCUT2D eigenvalue weighted by Crippen LogP contribution is 2.32. The van der Waals surface area contributed by atoms with E-state index in [9.17, 15) is 0 Å². The van der Waals surface area contributed by atoms with Gasteiger partial charge in [0.05, 0.1) is 13.7 Å². The first kappa shape index (κ1) is 8.42. The summed E-state index contributed by atoms with van der Waals surface area (Å²) >= 11 is 0. The lowest BCUT2D eigenvalue weighted by Gasteiger charge is -2.09. The molecule has 0 aromatic heterocycles. The molecule has 1 saturated carbocycles. The predicted molar refractivity (Wildman–Crippen MR) is 51.2 cm³/mol. The van der Waals surface area contributed by atoms with E-state index in [0.717, 1.165) is 24.0 Å². The molecule has 0 N–H and O–H groups in total. The molecule has 1 aromatic rings. The number of para-hydroxylation sites is 2. The Morgan fingerprint density at radius 3 is 2.54 bits per heavy atom. The number of benzene rings is 1. The molecule has 0 aliphatic heterocycles. The molecule has 0 saturated heterocycles. The standard InChI is InChI=1S/C11H14O2/c1-12-10-4-2-3-5-11(10)13-8-9-6-7-9/h2-5,9H,6-8H2,1H3. The van der Waals surface area contributed by atoms with Crippen molar-refractivity contribution in [3.05, 3.63) is 24.3 Å². The first-order chi connectivity index (χ1) is 6.40. The molecule has 2 nitrogen and oxygen atoms in total. The largest absolute Gasteiger partial charge is 0.493 e. The summed E-state index contributed by atoms with van der Waals surface area (Å²) in [5, 5.41) is 0. The van der Waals surface area contributed by atoms with Crippen LogP contribution in [0.5, 0.6) is 11.5 Å². The normalized spacial score (nSPS) is 15.5. The van der Waals surface area contributed by atoms with Gasteiger partial charge in [0.15, 0.2) is 11.5 Å². The Morgan fingerprint density at radius 1 is 1.23 bits per heavy atom. The monoisotopic (exact) mass is 178 g/mol.